The van der Waals surface area contributed by atoms with Crippen molar-refractivity contribution in [2.45, 2.75) is 11.2 Å². The van der Waals surface area contributed by atoms with E-state index in [0.717, 1.165) is 0 Å². The first-order valence-corrected chi connectivity index (χ1v) is 10.2. The molecule has 0 unspecified atom stereocenters. The van der Waals surface area contributed by atoms with Crippen molar-refractivity contribution in [3.05, 3.63) is 144 Å². The van der Waals surface area contributed by atoms with E-state index in [-0.39, 0.29) is 0 Å². The van der Waals surface area contributed by atoms with Gasteiger partial charge in [-0.25, -0.2) is 0 Å². The second kappa shape index (κ2) is 7.46. The maximum absolute atomic E-state index is 13.9. The molecule has 4 aromatic carbocycles. The molecule has 1 aliphatic rings. The number of ether oxygens (including phenoxy) is 1. The Hall–Kier alpha value is -3.82. The molecule has 3 nitrogen and oxygen atoms in total. The van der Waals surface area contributed by atoms with Crippen molar-refractivity contribution in [2.24, 2.45) is 0 Å². The van der Waals surface area contributed by atoms with Gasteiger partial charge >= 0.3 is 0 Å². The smallest absolute Gasteiger partial charge is 0.243 e. The molecule has 1 aliphatic heterocycles. The van der Waals surface area contributed by atoms with Crippen LogP contribution in [-0.2, 0) is 25.5 Å². The van der Waals surface area contributed by atoms with Gasteiger partial charge in [0.1, 0.15) is 0 Å². The Kier molecular flexibility index (Phi) is 4.61. The van der Waals surface area contributed by atoms with Crippen molar-refractivity contribution >= 4 is 11.6 Å². The molecular formula is C28H20O3. The van der Waals surface area contributed by atoms with E-state index in [4.69, 9.17) is 4.74 Å². The highest BCUT2D eigenvalue weighted by atomic mass is 16.5. The molecule has 5 rings (SSSR count). The van der Waals surface area contributed by atoms with Crippen LogP contribution in [0.3, 0.4) is 0 Å². The fraction of sp³-hybridized carbons (Fsp3) is 0.0714. The lowest BCUT2D eigenvalue weighted by Crippen LogP contribution is -2.37. The molecule has 150 valence electrons. The molecule has 0 atom stereocenters. The number of benzene rings is 4. The van der Waals surface area contributed by atoms with Gasteiger partial charge in [0.2, 0.25) is 11.6 Å². The Morgan fingerprint density at radius 1 is 0.387 bits per heavy atom. The maximum atomic E-state index is 13.9. The van der Waals surface area contributed by atoms with E-state index in [9.17, 15) is 9.59 Å². The summed E-state index contributed by atoms with van der Waals surface area (Å²) >= 11 is 0. The average molecular weight is 404 g/mol. The van der Waals surface area contributed by atoms with Crippen molar-refractivity contribution in [3.63, 3.8) is 0 Å². The summed E-state index contributed by atoms with van der Waals surface area (Å²) in [5, 5.41) is 0. The minimum Gasteiger partial charge on any atom is -0.333 e. The van der Waals surface area contributed by atoms with E-state index in [2.05, 4.69) is 0 Å². The molecule has 4 aromatic rings. The van der Waals surface area contributed by atoms with Gasteiger partial charge in [-0.05, 0) is 22.3 Å². The third-order valence-corrected chi connectivity index (χ3v) is 5.87. The van der Waals surface area contributed by atoms with Crippen LogP contribution in [0.4, 0.5) is 0 Å². The number of Topliss-reactive ketones (excluding diaryl/α,β-unsaturated/α-hetero) is 2. The van der Waals surface area contributed by atoms with E-state index < -0.39 is 22.8 Å². The molecule has 0 radical (unpaired) electrons. The largest absolute Gasteiger partial charge is 0.333 e. The predicted octanol–water partition coefficient (Wildman–Crippen LogP) is 5.04. The topological polar surface area (TPSA) is 43.4 Å². The van der Waals surface area contributed by atoms with Crippen LogP contribution >= 0.6 is 0 Å². The Labute approximate surface area is 180 Å². The Morgan fingerprint density at radius 2 is 0.613 bits per heavy atom. The third kappa shape index (κ3) is 2.78. The third-order valence-electron chi connectivity index (χ3n) is 5.87. The molecule has 31 heavy (non-hydrogen) atoms. The van der Waals surface area contributed by atoms with Gasteiger partial charge in [0.25, 0.3) is 0 Å². The van der Waals surface area contributed by atoms with E-state index in [1.54, 1.807) is 0 Å². The van der Waals surface area contributed by atoms with Gasteiger partial charge in [-0.2, -0.15) is 0 Å². The lowest BCUT2D eigenvalue weighted by Gasteiger charge is -2.34. The highest BCUT2D eigenvalue weighted by molar-refractivity contribution is 6.46. The minimum absolute atomic E-state index is 0.572. The number of carbonyl (C=O) groups is 2. The number of hydrogen-bond acceptors (Lipinski definition) is 3. The van der Waals surface area contributed by atoms with Crippen molar-refractivity contribution in [3.8, 4) is 0 Å². The van der Waals surface area contributed by atoms with Gasteiger partial charge < -0.3 is 4.74 Å². The van der Waals surface area contributed by atoms with Gasteiger partial charge in [-0.3, -0.25) is 9.59 Å². The number of hydrogen-bond donors (Lipinski definition) is 0. The zero-order chi connectivity index (χ0) is 21.3. The molecule has 0 aliphatic carbocycles. The highest BCUT2D eigenvalue weighted by Gasteiger charge is 2.65. The molecule has 0 bridgehead atoms. The van der Waals surface area contributed by atoms with Crippen LogP contribution in [0.25, 0.3) is 0 Å². The first kappa shape index (κ1) is 19.2. The van der Waals surface area contributed by atoms with Crippen LogP contribution in [0.2, 0.25) is 0 Å². The second-order valence-corrected chi connectivity index (χ2v) is 7.59. The number of rotatable bonds is 4. The molecular weight excluding hydrogens is 384 g/mol. The van der Waals surface area contributed by atoms with E-state index >= 15 is 0 Å². The fourth-order valence-electron chi connectivity index (χ4n) is 4.43. The van der Waals surface area contributed by atoms with Gasteiger partial charge in [-0.1, -0.05) is 121 Å². The summed E-state index contributed by atoms with van der Waals surface area (Å²) in [6, 6.07) is 37.0. The summed E-state index contributed by atoms with van der Waals surface area (Å²) in [6.07, 6.45) is 0. The zero-order valence-electron chi connectivity index (χ0n) is 16.8. The van der Waals surface area contributed by atoms with Crippen molar-refractivity contribution in [1.29, 1.82) is 0 Å². The molecule has 1 heterocycles. The van der Waals surface area contributed by atoms with Crippen LogP contribution in [0, 0.1) is 0 Å². The van der Waals surface area contributed by atoms with E-state index in [1.807, 2.05) is 121 Å². The lowest BCUT2D eigenvalue weighted by atomic mass is 9.79. The normalized spacial score (nSPS) is 16.9. The Morgan fingerprint density at radius 3 is 0.839 bits per heavy atom. The maximum Gasteiger partial charge on any atom is 0.243 e. The molecule has 3 heteroatoms. The van der Waals surface area contributed by atoms with Gasteiger partial charge in [-0.15, -0.1) is 0 Å². The molecule has 1 fully saturated rings. The summed E-state index contributed by atoms with van der Waals surface area (Å²) in [6.45, 7) is 0. The molecule has 0 saturated carbocycles. The average Bonchev–Trinajstić information content (AvgIpc) is 3.10. The zero-order valence-corrected chi connectivity index (χ0v) is 16.8. The Bertz CT molecular complexity index is 1040. The van der Waals surface area contributed by atoms with Crippen LogP contribution in [0.5, 0.6) is 0 Å². The summed E-state index contributed by atoms with van der Waals surface area (Å²) in [4.78, 5) is 27.8. The summed E-state index contributed by atoms with van der Waals surface area (Å²) < 4.78 is 6.81. The molecule has 0 N–H and O–H groups in total. The van der Waals surface area contributed by atoms with Crippen LogP contribution in [0.1, 0.15) is 22.3 Å². The first-order chi connectivity index (χ1) is 15.2. The van der Waals surface area contributed by atoms with Crippen LogP contribution in [-0.4, -0.2) is 11.6 Å². The second-order valence-electron chi connectivity index (χ2n) is 7.59. The van der Waals surface area contributed by atoms with Gasteiger partial charge in [0.05, 0.1) is 0 Å². The standard InChI is InChI=1S/C28H20O3/c29-25-26(30)28(23-17-9-3-10-18-23,24-19-11-4-12-20-24)31-27(25,21-13-5-1-6-14-21)22-15-7-2-8-16-22/h1-20H. The first-order valence-electron chi connectivity index (χ1n) is 10.2. The number of ketones is 2. The monoisotopic (exact) mass is 404 g/mol. The quantitative estimate of drug-likeness (QED) is 0.448. The molecule has 1 saturated heterocycles. The highest BCUT2D eigenvalue weighted by Crippen LogP contribution is 2.51. The number of carbonyl (C=O) groups excluding carboxylic acids is 2. The fourth-order valence-corrected chi connectivity index (χ4v) is 4.43. The van der Waals surface area contributed by atoms with Gasteiger partial charge in [0, 0.05) is 0 Å². The summed E-state index contributed by atoms with van der Waals surface area (Å²) in [7, 11) is 0. The molecule has 0 spiro atoms. The lowest BCUT2D eigenvalue weighted by molar-refractivity contribution is -0.137. The van der Waals surface area contributed by atoms with E-state index in [0.29, 0.717) is 22.3 Å². The summed E-state index contributed by atoms with van der Waals surface area (Å²) in [5.74, 6) is -1.14. The van der Waals surface area contributed by atoms with Crippen LogP contribution in [0.15, 0.2) is 121 Å². The SMILES string of the molecule is O=C1C(=O)C(c2ccccc2)(c2ccccc2)OC1(c1ccccc1)c1ccccc1. The molecule has 0 aromatic heterocycles. The van der Waals surface area contributed by atoms with Crippen molar-refractivity contribution in [2.75, 3.05) is 0 Å². The van der Waals surface area contributed by atoms with Crippen molar-refractivity contribution < 1.29 is 14.3 Å². The minimum atomic E-state index is -1.54. The molecule has 0 amide bonds. The van der Waals surface area contributed by atoms with Gasteiger partial charge in [0.15, 0.2) is 11.2 Å². The van der Waals surface area contributed by atoms with Crippen LogP contribution < -0.4 is 0 Å². The Balaban J connectivity index is 1.84. The van der Waals surface area contributed by atoms with Crippen molar-refractivity contribution in [1.82, 2.24) is 0 Å². The summed E-state index contributed by atoms with van der Waals surface area (Å²) in [5.41, 5.74) is -0.542. The predicted molar refractivity (Wildman–Crippen MR) is 118 cm³/mol. The van der Waals surface area contributed by atoms with E-state index in [1.165, 1.54) is 0 Å².